The van der Waals surface area contributed by atoms with Crippen molar-refractivity contribution < 1.29 is 19.1 Å². The van der Waals surface area contributed by atoms with Crippen molar-refractivity contribution in [2.24, 2.45) is 5.92 Å². The molecule has 2 N–H and O–H groups in total. The van der Waals surface area contributed by atoms with Crippen LogP contribution in [0, 0.1) is 5.92 Å². The Morgan fingerprint density at radius 1 is 1.08 bits per heavy atom. The standard InChI is InChI=1S/C18H26N2O4/c1-13-6-3-4-9-16(13)24-12-18(22)20-15-8-5-7-14(10-15)19-17(21)11-23-2/h5,7-8,10,13,16H,3-4,6,9,11-12H2,1-2H3,(H,19,21)(H,20,22)/t13-,16+/m1/s1. The molecule has 6 heteroatoms. The summed E-state index contributed by atoms with van der Waals surface area (Å²) in [5.41, 5.74) is 1.23. The first-order valence-electron chi connectivity index (χ1n) is 8.39. The maximum atomic E-state index is 12.1. The molecule has 1 aromatic carbocycles. The van der Waals surface area contributed by atoms with Crippen LogP contribution in [0.25, 0.3) is 0 Å². The molecule has 0 saturated heterocycles. The first kappa shape index (κ1) is 18.4. The van der Waals surface area contributed by atoms with E-state index in [0.717, 1.165) is 12.8 Å². The fourth-order valence-electron chi connectivity index (χ4n) is 2.91. The number of methoxy groups -OCH3 is 1. The second kappa shape index (κ2) is 9.39. The van der Waals surface area contributed by atoms with Gasteiger partial charge in [0.15, 0.2) is 0 Å². The third-order valence-corrected chi connectivity index (χ3v) is 4.17. The van der Waals surface area contributed by atoms with Gasteiger partial charge in [-0.15, -0.1) is 0 Å². The van der Waals surface area contributed by atoms with E-state index >= 15 is 0 Å². The Bertz CT molecular complexity index is 562. The van der Waals surface area contributed by atoms with E-state index in [4.69, 9.17) is 9.47 Å². The van der Waals surface area contributed by atoms with Crippen LogP contribution in [0.2, 0.25) is 0 Å². The fourth-order valence-corrected chi connectivity index (χ4v) is 2.91. The zero-order chi connectivity index (χ0) is 17.4. The molecule has 0 spiro atoms. The van der Waals surface area contributed by atoms with Crippen molar-refractivity contribution in [3.8, 4) is 0 Å². The number of amides is 2. The predicted molar refractivity (Wildman–Crippen MR) is 92.9 cm³/mol. The highest BCUT2D eigenvalue weighted by Gasteiger charge is 2.22. The van der Waals surface area contributed by atoms with Crippen molar-refractivity contribution in [2.45, 2.75) is 38.7 Å². The third kappa shape index (κ3) is 5.94. The van der Waals surface area contributed by atoms with Gasteiger partial charge in [-0.05, 0) is 37.0 Å². The summed E-state index contributed by atoms with van der Waals surface area (Å²) in [6, 6.07) is 6.99. The number of carbonyl (C=O) groups is 2. The second-order valence-corrected chi connectivity index (χ2v) is 6.22. The Labute approximate surface area is 142 Å². The summed E-state index contributed by atoms with van der Waals surface area (Å²) in [5.74, 6) is 0.0783. The first-order valence-corrected chi connectivity index (χ1v) is 8.39. The van der Waals surface area contributed by atoms with Gasteiger partial charge in [-0.1, -0.05) is 25.8 Å². The minimum atomic E-state index is -0.240. The Morgan fingerprint density at radius 2 is 1.71 bits per heavy atom. The molecule has 132 valence electrons. The summed E-state index contributed by atoms with van der Waals surface area (Å²) in [7, 11) is 1.46. The van der Waals surface area contributed by atoms with Crippen molar-refractivity contribution in [3.63, 3.8) is 0 Å². The zero-order valence-corrected chi connectivity index (χ0v) is 14.3. The lowest BCUT2D eigenvalue weighted by molar-refractivity contribution is -0.124. The van der Waals surface area contributed by atoms with Crippen molar-refractivity contribution >= 4 is 23.2 Å². The van der Waals surface area contributed by atoms with Gasteiger partial charge in [0.1, 0.15) is 13.2 Å². The highest BCUT2D eigenvalue weighted by Crippen LogP contribution is 2.26. The van der Waals surface area contributed by atoms with Crippen molar-refractivity contribution in [2.75, 3.05) is 31.0 Å². The van der Waals surface area contributed by atoms with Crippen LogP contribution in [-0.4, -0.2) is 38.2 Å². The summed E-state index contributed by atoms with van der Waals surface area (Å²) in [4.78, 5) is 23.6. The van der Waals surface area contributed by atoms with Crippen LogP contribution in [0.15, 0.2) is 24.3 Å². The molecule has 0 radical (unpaired) electrons. The number of hydrogen-bond acceptors (Lipinski definition) is 4. The maximum Gasteiger partial charge on any atom is 0.250 e. The van der Waals surface area contributed by atoms with Crippen LogP contribution < -0.4 is 10.6 Å². The SMILES string of the molecule is COCC(=O)Nc1cccc(NC(=O)CO[C@H]2CCCC[C@H]2C)c1. The molecule has 0 aromatic heterocycles. The second-order valence-electron chi connectivity index (χ2n) is 6.22. The summed E-state index contributed by atoms with van der Waals surface area (Å²) < 4.78 is 10.5. The van der Waals surface area contributed by atoms with E-state index in [2.05, 4.69) is 17.6 Å². The van der Waals surface area contributed by atoms with Gasteiger partial charge in [0.05, 0.1) is 6.10 Å². The average Bonchev–Trinajstić information content (AvgIpc) is 2.54. The Morgan fingerprint density at radius 3 is 2.33 bits per heavy atom. The lowest BCUT2D eigenvalue weighted by Gasteiger charge is -2.28. The Balaban J connectivity index is 1.81. The van der Waals surface area contributed by atoms with E-state index in [1.807, 2.05) is 0 Å². The number of hydrogen-bond donors (Lipinski definition) is 2. The van der Waals surface area contributed by atoms with Crippen LogP contribution in [0.1, 0.15) is 32.6 Å². The van der Waals surface area contributed by atoms with E-state index in [0.29, 0.717) is 17.3 Å². The van der Waals surface area contributed by atoms with E-state index < -0.39 is 0 Å². The molecular weight excluding hydrogens is 308 g/mol. The normalized spacial score (nSPS) is 20.4. The zero-order valence-electron chi connectivity index (χ0n) is 14.3. The molecular formula is C18H26N2O4. The molecule has 1 aromatic rings. The van der Waals surface area contributed by atoms with Crippen LogP contribution in [-0.2, 0) is 19.1 Å². The van der Waals surface area contributed by atoms with Gasteiger partial charge in [0.2, 0.25) is 11.8 Å². The van der Waals surface area contributed by atoms with Gasteiger partial charge in [-0.25, -0.2) is 0 Å². The summed E-state index contributed by atoms with van der Waals surface area (Å²) >= 11 is 0. The van der Waals surface area contributed by atoms with Gasteiger partial charge >= 0.3 is 0 Å². The van der Waals surface area contributed by atoms with Gasteiger partial charge in [0.25, 0.3) is 0 Å². The smallest absolute Gasteiger partial charge is 0.250 e. The fraction of sp³-hybridized carbons (Fsp3) is 0.556. The van der Waals surface area contributed by atoms with Crippen molar-refractivity contribution in [1.29, 1.82) is 0 Å². The summed E-state index contributed by atoms with van der Waals surface area (Å²) in [6.07, 6.45) is 4.77. The van der Waals surface area contributed by atoms with Crippen molar-refractivity contribution in [3.05, 3.63) is 24.3 Å². The number of carbonyl (C=O) groups excluding carboxylic acids is 2. The number of rotatable bonds is 7. The molecule has 1 aliphatic carbocycles. The van der Waals surface area contributed by atoms with Crippen LogP contribution in [0.5, 0.6) is 0 Å². The van der Waals surface area contributed by atoms with Gasteiger partial charge in [-0.2, -0.15) is 0 Å². The van der Waals surface area contributed by atoms with E-state index in [9.17, 15) is 9.59 Å². The molecule has 2 rings (SSSR count). The molecule has 6 nitrogen and oxygen atoms in total. The summed E-state index contributed by atoms with van der Waals surface area (Å²) in [6.45, 7) is 2.22. The highest BCUT2D eigenvalue weighted by molar-refractivity contribution is 5.94. The monoisotopic (exact) mass is 334 g/mol. The van der Waals surface area contributed by atoms with Gasteiger partial charge < -0.3 is 20.1 Å². The molecule has 2 amide bonds. The molecule has 1 fully saturated rings. The number of benzene rings is 1. The van der Waals surface area contributed by atoms with E-state index in [-0.39, 0.29) is 31.1 Å². The number of anilines is 2. The molecule has 1 aliphatic rings. The minimum Gasteiger partial charge on any atom is -0.375 e. The van der Waals surface area contributed by atoms with E-state index in [1.54, 1.807) is 24.3 Å². The third-order valence-electron chi connectivity index (χ3n) is 4.17. The number of ether oxygens (including phenoxy) is 2. The highest BCUT2D eigenvalue weighted by atomic mass is 16.5. The largest absolute Gasteiger partial charge is 0.375 e. The molecule has 2 atom stereocenters. The average molecular weight is 334 g/mol. The predicted octanol–water partition coefficient (Wildman–Crippen LogP) is 2.81. The molecule has 0 heterocycles. The first-order chi connectivity index (χ1) is 11.6. The molecule has 24 heavy (non-hydrogen) atoms. The van der Waals surface area contributed by atoms with Crippen LogP contribution >= 0.6 is 0 Å². The number of nitrogens with one attached hydrogen (secondary N) is 2. The molecule has 1 saturated carbocycles. The summed E-state index contributed by atoms with van der Waals surface area (Å²) in [5, 5.41) is 5.49. The Hall–Kier alpha value is -1.92. The van der Waals surface area contributed by atoms with Crippen molar-refractivity contribution in [1.82, 2.24) is 0 Å². The van der Waals surface area contributed by atoms with Crippen LogP contribution in [0.4, 0.5) is 11.4 Å². The van der Waals surface area contributed by atoms with Crippen LogP contribution in [0.3, 0.4) is 0 Å². The minimum absolute atomic E-state index is 0.00992. The quantitative estimate of drug-likeness (QED) is 0.804. The lowest BCUT2D eigenvalue weighted by Crippen LogP contribution is -2.29. The van der Waals surface area contributed by atoms with E-state index in [1.165, 1.54) is 20.0 Å². The maximum absolute atomic E-state index is 12.1. The Kier molecular flexibility index (Phi) is 7.21. The van der Waals surface area contributed by atoms with Gasteiger partial charge in [0, 0.05) is 18.5 Å². The molecule has 0 aliphatic heterocycles. The lowest BCUT2D eigenvalue weighted by atomic mass is 9.88. The molecule has 0 unspecified atom stereocenters. The topological polar surface area (TPSA) is 76.7 Å². The van der Waals surface area contributed by atoms with Gasteiger partial charge in [-0.3, -0.25) is 9.59 Å². The molecule has 0 bridgehead atoms.